The smallest absolute Gasteiger partial charge is 0.0776 e. The Morgan fingerprint density at radius 2 is 2.23 bits per heavy atom. The first kappa shape index (κ1) is 8.66. The van der Waals surface area contributed by atoms with Gasteiger partial charge in [0.2, 0.25) is 0 Å². The van der Waals surface area contributed by atoms with Gasteiger partial charge in [0.25, 0.3) is 0 Å². The molecular formula is C10H14N2O. The summed E-state index contributed by atoms with van der Waals surface area (Å²) in [7, 11) is 0. The molecular weight excluding hydrogens is 164 g/mol. The van der Waals surface area contributed by atoms with Crippen molar-refractivity contribution in [3.05, 3.63) is 30.1 Å². The topological polar surface area (TPSA) is 59.1 Å². The van der Waals surface area contributed by atoms with E-state index in [4.69, 9.17) is 5.73 Å². The van der Waals surface area contributed by atoms with Gasteiger partial charge in [-0.05, 0) is 30.9 Å². The highest BCUT2D eigenvalue weighted by molar-refractivity contribution is 5.10. The van der Waals surface area contributed by atoms with E-state index in [0.29, 0.717) is 5.92 Å². The Balaban J connectivity index is 2.07. The molecule has 0 saturated heterocycles. The van der Waals surface area contributed by atoms with Crippen LogP contribution in [0.25, 0.3) is 0 Å². The molecule has 1 aliphatic carbocycles. The average Bonchev–Trinajstić information content (AvgIpc) is 3.00. The second-order valence-electron chi connectivity index (χ2n) is 3.61. The van der Waals surface area contributed by atoms with E-state index in [-0.39, 0.29) is 6.04 Å². The molecule has 13 heavy (non-hydrogen) atoms. The summed E-state index contributed by atoms with van der Waals surface area (Å²) >= 11 is 0. The molecule has 1 aromatic rings. The predicted molar refractivity (Wildman–Crippen MR) is 49.9 cm³/mol. The molecule has 1 heterocycles. The molecule has 1 saturated carbocycles. The van der Waals surface area contributed by atoms with E-state index in [1.54, 1.807) is 6.20 Å². The summed E-state index contributed by atoms with van der Waals surface area (Å²) < 4.78 is 0. The van der Waals surface area contributed by atoms with Gasteiger partial charge in [-0.1, -0.05) is 6.07 Å². The summed E-state index contributed by atoms with van der Waals surface area (Å²) in [5, 5.41) is 9.75. The van der Waals surface area contributed by atoms with E-state index in [2.05, 4.69) is 4.98 Å². The van der Waals surface area contributed by atoms with Crippen molar-refractivity contribution in [3.63, 3.8) is 0 Å². The third-order valence-electron chi connectivity index (χ3n) is 2.50. The van der Waals surface area contributed by atoms with Gasteiger partial charge in [-0.25, -0.2) is 0 Å². The minimum atomic E-state index is -0.421. The number of rotatable bonds is 3. The van der Waals surface area contributed by atoms with Gasteiger partial charge in [0.1, 0.15) is 0 Å². The SMILES string of the molecule is NC(c1ccccn1)C(O)C1CC1. The predicted octanol–water partition coefficient (Wildman–Crippen LogP) is 0.852. The second-order valence-corrected chi connectivity index (χ2v) is 3.61. The van der Waals surface area contributed by atoms with E-state index in [9.17, 15) is 5.11 Å². The van der Waals surface area contributed by atoms with Crippen LogP contribution in [0, 0.1) is 5.92 Å². The fraction of sp³-hybridized carbons (Fsp3) is 0.500. The molecule has 70 valence electrons. The lowest BCUT2D eigenvalue weighted by Crippen LogP contribution is -2.28. The van der Waals surface area contributed by atoms with Crippen molar-refractivity contribution in [2.75, 3.05) is 0 Å². The second kappa shape index (κ2) is 3.44. The number of hydrogen-bond acceptors (Lipinski definition) is 3. The zero-order valence-electron chi connectivity index (χ0n) is 7.43. The molecule has 0 spiro atoms. The molecule has 0 aliphatic heterocycles. The van der Waals surface area contributed by atoms with Crippen LogP contribution in [-0.4, -0.2) is 16.2 Å². The van der Waals surface area contributed by atoms with E-state index in [0.717, 1.165) is 18.5 Å². The Kier molecular flexibility index (Phi) is 2.29. The average molecular weight is 178 g/mol. The fourth-order valence-electron chi connectivity index (χ4n) is 1.48. The Bertz CT molecular complexity index is 272. The lowest BCUT2D eigenvalue weighted by atomic mass is 10.0. The van der Waals surface area contributed by atoms with Gasteiger partial charge in [0, 0.05) is 6.20 Å². The number of pyridine rings is 1. The quantitative estimate of drug-likeness (QED) is 0.721. The molecule has 2 unspecified atom stereocenters. The first-order valence-electron chi connectivity index (χ1n) is 4.63. The largest absolute Gasteiger partial charge is 0.391 e. The normalized spacial score (nSPS) is 21.1. The minimum absolute atomic E-state index is 0.325. The van der Waals surface area contributed by atoms with Crippen LogP contribution in [0.1, 0.15) is 24.6 Å². The standard InChI is InChI=1S/C10H14N2O/c11-9(10(13)7-4-5-7)8-3-1-2-6-12-8/h1-3,6-7,9-10,13H,4-5,11H2. The molecule has 2 atom stereocenters. The van der Waals surface area contributed by atoms with Crippen LogP contribution < -0.4 is 5.73 Å². The zero-order valence-corrected chi connectivity index (χ0v) is 7.43. The summed E-state index contributed by atoms with van der Waals surface area (Å²) in [4.78, 5) is 4.12. The highest BCUT2D eigenvalue weighted by Crippen LogP contribution is 2.36. The van der Waals surface area contributed by atoms with Crippen molar-refractivity contribution in [2.24, 2.45) is 11.7 Å². The Morgan fingerprint density at radius 3 is 2.77 bits per heavy atom. The molecule has 0 aromatic carbocycles. The van der Waals surface area contributed by atoms with Crippen molar-refractivity contribution >= 4 is 0 Å². The van der Waals surface area contributed by atoms with E-state index >= 15 is 0 Å². The van der Waals surface area contributed by atoms with Crippen LogP contribution in [0.2, 0.25) is 0 Å². The van der Waals surface area contributed by atoms with E-state index in [1.165, 1.54) is 0 Å². The molecule has 0 radical (unpaired) electrons. The fourth-order valence-corrected chi connectivity index (χ4v) is 1.48. The van der Waals surface area contributed by atoms with Crippen molar-refractivity contribution in [3.8, 4) is 0 Å². The maximum Gasteiger partial charge on any atom is 0.0776 e. The number of nitrogens with zero attached hydrogens (tertiary/aromatic N) is 1. The molecule has 1 aliphatic rings. The van der Waals surface area contributed by atoms with Gasteiger partial charge in [-0.2, -0.15) is 0 Å². The highest BCUT2D eigenvalue weighted by atomic mass is 16.3. The van der Waals surface area contributed by atoms with Crippen LogP contribution in [0.3, 0.4) is 0 Å². The molecule has 1 fully saturated rings. The summed E-state index contributed by atoms with van der Waals surface area (Å²) in [6.45, 7) is 0. The Labute approximate surface area is 77.6 Å². The van der Waals surface area contributed by atoms with Crippen LogP contribution in [-0.2, 0) is 0 Å². The van der Waals surface area contributed by atoms with Crippen molar-refractivity contribution in [1.29, 1.82) is 0 Å². The van der Waals surface area contributed by atoms with Gasteiger partial charge in [0.05, 0.1) is 17.8 Å². The number of nitrogens with two attached hydrogens (primary N) is 1. The first-order valence-corrected chi connectivity index (χ1v) is 4.63. The third-order valence-corrected chi connectivity index (χ3v) is 2.50. The molecule has 3 N–H and O–H groups in total. The van der Waals surface area contributed by atoms with Crippen LogP contribution >= 0.6 is 0 Å². The zero-order chi connectivity index (χ0) is 9.26. The molecule has 1 aromatic heterocycles. The Hall–Kier alpha value is -0.930. The van der Waals surface area contributed by atoms with Crippen LogP contribution in [0.15, 0.2) is 24.4 Å². The monoisotopic (exact) mass is 178 g/mol. The van der Waals surface area contributed by atoms with Gasteiger partial charge in [-0.3, -0.25) is 4.98 Å². The van der Waals surface area contributed by atoms with E-state index in [1.807, 2.05) is 18.2 Å². The first-order chi connectivity index (χ1) is 6.29. The number of aromatic nitrogens is 1. The molecule has 3 nitrogen and oxygen atoms in total. The van der Waals surface area contributed by atoms with E-state index < -0.39 is 6.10 Å². The molecule has 0 amide bonds. The summed E-state index contributed by atoms with van der Waals surface area (Å²) in [5.74, 6) is 0.400. The van der Waals surface area contributed by atoms with Gasteiger partial charge >= 0.3 is 0 Å². The lowest BCUT2D eigenvalue weighted by molar-refractivity contribution is 0.121. The number of hydrogen-bond donors (Lipinski definition) is 2. The van der Waals surface area contributed by atoms with Gasteiger partial charge in [-0.15, -0.1) is 0 Å². The minimum Gasteiger partial charge on any atom is -0.391 e. The maximum atomic E-state index is 9.75. The molecule has 0 bridgehead atoms. The lowest BCUT2D eigenvalue weighted by Gasteiger charge is -2.17. The molecule has 2 rings (SSSR count). The van der Waals surface area contributed by atoms with Gasteiger partial charge < -0.3 is 10.8 Å². The molecule has 3 heteroatoms. The maximum absolute atomic E-state index is 9.75. The number of aliphatic hydroxyl groups is 1. The van der Waals surface area contributed by atoms with Crippen LogP contribution in [0.4, 0.5) is 0 Å². The Morgan fingerprint density at radius 1 is 1.46 bits per heavy atom. The third kappa shape index (κ3) is 1.87. The van der Waals surface area contributed by atoms with Gasteiger partial charge in [0.15, 0.2) is 0 Å². The summed E-state index contributed by atoms with van der Waals surface area (Å²) in [6.07, 6.45) is 3.48. The highest BCUT2D eigenvalue weighted by Gasteiger charge is 2.34. The summed E-state index contributed by atoms with van der Waals surface area (Å²) in [6, 6.07) is 5.27. The van der Waals surface area contributed by atoms with Crippen molar-refractivity contribution < 1.29 is 5.11 Å². The van der Waals surface area contributed by atoms with Crippen molar-refractivity contribution in [1.82, 2.24) is 4.98 Å². The summed E-state index contributed by atoms with van der Waals surface area (Å²) in [5.41, 5.74) is 6.65. The number of aliphatic hydroxyl groups excluding tert-OH is 1. The van der Waals surface area contributed by atoms with Crippen LogP contribution in [0.5, 0.6) is 0 Å². The van der Waals surface area contributed by atoms with Crippen molar-refractivity contribution in [2.45, 2.75) is 25.0 Å².